The summed E-state index contributed by atoms with van der Waals surface area (Å²) in [6.07, 6.45) is -0.421. The van der Waals surface area contributed by atoms with Crippen LogP contribution in [0.25, 0.3) is 0 Å². The minimum atomic E-state index is -0.421. The molecule has 0 radical (unpaired) electrons. The molecule has 2 amide bonds. The van der Waals surface area contributed by atoms with Crippen LogP contribution in [0.5, 0.6) is 11.5 Å². The van der Waals surface area contributed by atoms with Gasteiger partial charge in [-0.2, -0.15) is 0 Å². The quantitative estimate of drug-likeness (QED) is 0.920. The molecule has 1 saturated heterocycles. The molecule has 0 saturated carbocycles. The summed E-state index contributed by atoms with van der Waals surface area (Å²) in [6.45, 7) is 1.59. The van der Waals surface area contributed by atoms with Crippen molar-refractivity contribution < 1.29 is 19.4 Å². The van der Waals surface area contributed by atoms with Crippen LogP contribution in [0.3, 0.4) is 0 Å². The molecule has 0 aliphatic carbocycles. The first-order chi connectivity index (χ1) is 11.6. The molecule has 3 rings (SSSR count). The van der Waals surface area contributed by atoms with E-state index in [2.05, 4.69) is 0 Å². The van der Waals surface area contributed by atoms with Crippen LogP contribution in [0.15, 0.2) is 54.6 Å². The van der Waals surface area contributed by atoms with Gasteiger partial charge >= 0.3 is 6.09 Å². The number of para-hydroxylation sites is 2. The summed E-state index contributed by atoms with van der Waals surface area (Å²) < 4.78 is 5.30. The third kappa shape index (κ3) is 3.48. The van der Waals surface area contributed by atoms with Gasteiger partial charge < -0.3 is 19.6 Å². The molecule has 6 heteroatoms. The van der Waals surface area contributed by atoms with Crippen molar-refractivity contribution in [3.63, 3.8) is 0 Å². The SMILES string of the molecule is O=C(Oc1ccccc1)N1CCN(C(=O)c2ccccc2O)CC1. The first-order valence-corrected chi connectivity index (χ1v) is 7.74. The van der Waals surface area contributed by atoms with Crippen LogP contribution < -0.4 is 4.74 Å². The molecule has 1 aliphatic rings. The summed E-state index contributed by atoms with van der Waals surface area (Å²) >= 11 is 0. The molecule has 0 atom stereocenters. The van der Waals surface area contributed by atoms with Crippen LogP contribution in [0.1, 0.15) is 10.4 Å². The van der Waals surface area contributed by atoms with Crippen LogP contribution in [-0.4, -0.2) is 53.1 Å². The van der Waals surface area contributed by atoms with E-state index in [-0.39, 0.29) is 17.2 Å². The second kappa shape index (κ2) is 7.04. The van der Waals surface area contributed by atoms with Gasteiger partial charge in [-0.1, -0.05) is 30.3 Å². The van der Waals surface area contributed by atoms with Crippen molar-refractivity contribution in [3.05, 3.63) is 60.2 Å². The normalized spacial score (nSPS) is 14.3. The zero-order valence-corrected chi connectivity index (χ0v) is 13.1. The molecule has 0 spiro atoms. The van der Waals surface area contributed by atoms with Crippen molar-refractivity contribution in [2.75, 3.05) is 26.2 Å². The van der Waals surface area contributed by atoms with Crippen molar-refractivity contribution in [2.24, 2.45) is 0 Å². The summed E-state index contributed by atoms with van der Waals surface area (Å²) in [5.74, 6) is 0.229. The lowest BCUT2D eigenvalue weighted by molar-refractivity contribution is 0.0630. The molecule has 1 N–H and O–H groups in total. The van der Waals surface area contributed by atoms with E-state index in [0.717, 1.165) is 0 Å². The number of hydrogen-bond donors (Lipinski definition) is 1. The van der Waals surface area contributed by atoms with E-state index in [1.54, 1.807) is 52.3 Å². The Balaban J connectivity index is 1.57. The predicted octanol–water partition coefficient (Wildman–Crippen LogP) is 2.35. The van der Waals surface area contributed by atoms with Gasteiger partial charge in [0.05, 0.1) is 5.56 Å². The second-order valence-electron chi connectivity index (χ2n) is 5.48. The van der Waals surface area contributed by atoms with Crippen LogP contribution in [0.2, 0.25) is 0 Å². The summed E-state index contributed by atoms with van der Waals surface area (Å²) in [6, 6.07) is 15.3. The van der Waals surface area contributed by atoms with Crippen molar-refractivity contribution in [3.8, 4) is 11.5 Å². The minimum Gasteiger partial charge on any atom is -0.507 e. The zero-order valence-electron chi connectivity index (χ0n) is 13.1. The first-order valence-electron chi connectivity index (χ1n) is 7.74. The standard InChI is InChI=1S/C18H18N2O4/c21-16-9-5-4-8-15(16)17(22)19-10-12-20(13-11-19)18(23)24-14-6-2-1-3-7-14/h1-9,21H,10-13H2. The number of amides is 2. The fraction of sp³-hybridized carbons (Fsp3) is 0.222. The molecule has 0 bridgehead atoms. The van der Waals surface area contributed by atoms with Gasteiger partial charge in [-0.25, -0.2) is 4.79 Å². The number of phenols is 1. The summed E-state index contributed by atoms with van der Waals surface area (Å²) in [7, 11) is 0. The van der Waals surface area contributed by atoms with E-state index >= 15 is 0 Å². The lowest BCUT2D eigenvalue weighted by atomic mass is 10.1. The van der Waals surface area contributed by atoms with E-state index in [1.165, 1.54) is 6.07 Å². The van der Waals surface area contributed by atoms with Crippen molar-refractivity contribution in [1.29, 1.82) is 0 Å². The number of carbonyl (C=O) groups is 2. The highest BCUT2D eigenvalue weighted by atomic mass is 16.6. The molecular formula is C18H18N2O4. The third-order valence-electron chi connectivity index (χ3n) is 3.91. The number of rotatable bonds is 2. The molecule has 0 unspecified atom stereocenters. The lowest BCUT2D eigenvalue weighted by Crippen LogP contribution is -2.51. The number of aromatic hydroxyl groups is 1. The van der Waals surface area contributed by atoms with E-state index in [4.69, 9.17) is 4.74 Å². The molecule has 1 aliphatic heterocycles. The maximum Gasteiger partial charge on any atom is 0.415 e. The van der Waals surface area contributed by atoms with Crippen molar-refractivity contribution >= 4 is 12.0 Å². The number of nitrogens with zero attached hydrogens (tertiary/aromatic N) is 2. The summed E-state index contributed by atoms with van der Waals surface area (Å²) in [4.78, 5) is 27.7. The Labute approximate surface area is 139 Å². The van der Waals surface area contributed by atoms with Gasteiger partial charge in [0.2, 0.25) is 0 Å². The first kappa shape index (κ1) is 15.9. The van der Waals surface area contributed by atoms with Gasteiger partial charge in [-0.15, -0.1) is 0 Å². The molecular weight excluding hydrogens is 308 g/mol. The lowest BCUT2D eigenvalue weighted by Gasteiger charge is -2.34. The van der Waals surface area contributed by atoms with Crippen molar-refractivity contribution in [1.82, 2.24) is 9.80 Å². The molecule has 1 heterocycles. The Morgan fingerprint density at radius 3 is 2.08 bits per heavy atom. The van der Waals surface area contributed by atoms with Crippen molar-refractivity contribution in [2.45, 2.75) is 0 Å². The Morgan fingerprint density at radius 2 is 1.42 bits per heavy atom. The zero-order chi connectivity index (χ0) is 16.9. The number of ether oxygens (including phenoxy) is 1. The van der Waals surface area contributed by atoms with Gasteiger partial charge in [0, 0.05) is 26.2 Å². The van der Waals surface area contributed by atoms with Crippen LogP contribution in [0.4, 0.5) is 4.79 Å². The molecule has 124 valence electrons. The van der Waals surface area contributed by atoms with Gasteiger partial charge in [0.25, 0.3) is 5.91 Å². The monoisotopic (exact) mass is 326 g/mol. The smallest absolute Gasteiger partial charge is 0.415 e. The average molecular weight is 326 g/mol. The highest BCUT2D eigenvalue weighted by molar-refractivity contribution is 5.96. The average Bonchev–Trinajstić information content (AvgIpc) is 2.62. The molecule has 24 heavy (non-hydrogen) atoms. The minimum absolute atomic E-state index is 0.0339. The van der Waals surface area contributed by atoms with E-state index in [1.807, 2.05) is 6.07 Å². The predicted molar refractivity (Wildman–Crippen MR) is 88.0 cm³/mol. The van der Waals surface area contributed by atoms with Gasteiger partial charge in [-0.3, -0.25) is 4.79 Å². The topological polar surface area (TPSA) is 70.1 Å². The van der Waals surface area contributed by atoms with E-state index < -0.39 is 6.09 Å². The number of hydrogen-bond acceptors (Lipinski definition) is 4. The fourth-order valence-corrected chi connectivity index (χ4v) is 2.57. The maximum absolute atomic E-state index is 12.4. The number of benzene rings is 2. The third-order valence-corrected chi connectivity index (χ3v) is 3.91. The molecule has 1 fully saturated rings. The van der Waals surface area contributed by atoms with E-state index in [0.29, 0.717) is 31.9 Å². The second-order valence-corrected chi connectivity index (χ2v) is 5.48. The molecule has 0 aromatic heterocycles. The fourth-order valence-electron chi connectivity index (χ4n) is 2.57. The molecule has 2 aromatic rings. The number of phenolic OH excluding ortho intramolecular Hbond substituents is 1. The Kier molecular flexibility index (Phi) is 4.65. The Bertz CT molecular complexity index is 725. The highest BCUT2D eigenvalue weighted by Gasteiger charge is 2.26. The largest absolute Gasteiger partial charge is 0.507 e. The summed E-state index contributed by atoms with van der Waals surface area (Å²) in [5.41, 5.74) is 0.276. The Morgan fingerprint density at radius 1 is 0.833 bits per heavy atom. The highest BCUT2D eigenvalue weighted by Crippen LogP contribution is 2.19. The van der Waals surface area contributed by atoms with Crippen LogP contribution in [0, 0.1) is 0 Å². The number of piperazine rings is 1. The van der Waals surface area contributed by atoms with Crippen LogP contribution >= 0.6 is 0 Å². The summed E-state index contributed by atoms with van der Waals surface area (Å²) in [5, 5.41) is 9.78. The van der Waals surface area contributed by atoms with Gasteiger partial charge in [0.15, 0.2) is 0 Å². The molecule has 6 nitrogen and oxygen atoms in total. The number of carbonyl (C=O) groups excluding carboxylic acids is 2. The van der Waals surface area contributed by atoms with E-state index in [9.17, 15) is 14.7 Å². The van der Waals surface area contributed by atoms with Gasteiger partial charge in [-0.05, 0) is 24.3 Å². The maximum atomic E-state index is 12.4. The molecule has 2 aromatic carbocycles. The van der Waals surface area contributed by atoms with Gasteiger partial charge in [0.1, 0.15) is 11.5 Å². The van der Waals surface area contributed by atoms with Crippen LogP contribution in [-0.2, 0) is 0 Å². The Hall–Kier alpha value is -3.02.